The molecule has 0 radical (unpaired) electrons. The molecule has 0 aliphatic carbocycles. The molecule has 2 aromatic carbocycles. The number of hydrogen-bond donors (Lipinski definition) is 2. The van der Waals surface area contributed by atoms with Crippen LogP contribution in [0, 0.1) is 0 Å². The van der Waals surface area contributed by atoms with Gasteiger partial charge in [-0.15, -0.1) is 5.23 Å². The fraction of sp³-hybridized carbons (Fsp3) is 0.188. The Hall–Kier alpha value is -2.57. The van der Waals surface area contributed by atoms with E-state index in [2.05, 4.69) is 4.98 Å². The topological polar surface area (TPSA) is 70.8 Å². The first kappa shape index (κ1) is 14.4. The first-order chi connectivity index (χ1) is 10.7. The van der Waals surface area contributed by atoms with E-state index >= 15 is 0 Å². The number of benzene rings is 2. The predicted octanol–water partition coefficient (Wildman–Crippen LogP) is 3.13. The second-order valence-electron chi connectivity index (χ2n) is 4.89. The zero-order valence-electron chi connectivity index (χ0n) is 12.2. The number of anilines is 1. The number of fused-ring (bicyclic) bond motifs is 1. The van der Waals surface area contributed by atoms with Gasteiger partial charge in [0, 0.05) is 5.56 Å². The van der Waals surface area contributed by atoms with Crippen LogP contribution in [-0.4, -0.2) is 26.7 Å². The molecule has 114 valence electrons. The van der Waals surface area contributed by atoms with E-state index in [1.54, 1.807) is 22.9 Å². The molecular formula is C16H17N3O3. The summed E-state index contributed by atoms with van der Waals surface area (Å²) in [6.07, 6.45) is 0.861. The van der Waals surface area contributed by atoms with Crippen molar-refractivity contribution in [3.05, 3.63) is 48.5 Å². The molecule has 0 fully saturated rings. The molecule has 0 aliphatic heterocycles. The van der Waals surface area contributed by atoms with Crippen LogP contribution in [0.5, 0.6) is 0 Å². The molecule has 0 saturated heterocycles. The smallest absolute Gasteiger partial charge is 0.176 e. The van der Waals surface area contributed by atoms with E-state index in [4.69, 9.17) is 4.84 Å². The third kappa shape index (κ3) is 2.61. The quantitative estimate of drug-likeness (QED) is 0.708. The van der Waals surface area contributed by atoms with Crippen molar-refractivity contribution in [2.75, 3.05) is 11.8 Å². The second-order valence-corrected chi connectivity index (χ2v) is 4.89. The number of hydrogen-bond acceptors (Lipinski definition) is 5. The van der Waals surface area contributed by atoms with Crippen LogP contribution >= 0.6 is 0 Å². The second kappa shape index (κ2) is 6.05. The Morgan fingerprint density at radius 1 is 1.14 bits per heavy atom. The van der Waals surface area contributed by atoms with Crippen LogP contribution < -0.4 is 10.1 Å². The molecule has 0 saturated carbocycles. The molecule has 22 heavy (non-hydrogen) atoms. The van der Waals surface area contributed by atoms with Crippen molar-refractivity contribution in [3.8, 4) is 11.4 Å². The number of imidazole rings is 1. The normalized spacial score (nSPS) is 10.9. The van der Waals surface area contributed by atoms with Crippen molar-refractivity contribution in [1.29, 1.82) is 0 Å². The first-order valence-electron chi connectivity index (χ1n) is 7.10. The van der Waals surface area contributed by atoms with Crippen LogP contribution in [0.25, 0.3) is 22.4 Å². The maximum Gasteiger partial charge on any atom is 0.176 e. The highest BCUT2D eigenvalue weighted by atomic mass is 16.8. The fourth-order valence-electron chi connectivity index (χ4n) is 2.25. The molecule has 0 aliphatic rings. The Bertz CT molecular complexity index is 769. The SMILES string of the molecule is CCCOn1c(-c2ccccc2)nc2ccc(N(O)O)cc21. The summed E-state index contributed by atoms with van der Waals surface area (Å²) >= 11 is 0. The van der Waals surface area contributed by atoms with Crippen molar-refractivity contribution < 1.29 is 15.3 Å². The van der Waals surface area contributed by atoms with E-state index in [-0.39, 0.29) is 10.9 Å². The minimum absolute atomic E-state index is 0.0821. The summed E-state index contributed by atoms with van der Waals surface area (Å²) in [5.74, 6) is 0.684. The highest BCUT2D eigenvalue weighted by molar-refractivity contribution is 5.83. The third-order valence-corrected chi connectivity index (χ3v) is 3.28. The lowest BCUT2D eigenvalue weighted by atomic mass is 10.2. The monoisotopic (exact) mass is 299 g/mol. The van der Waals surface area contributed by atoms with Gasteiger partial charge in [-0.2, -0.15) is 4.73 Å². The average molecular weight is 299 g/mol. The van der Waals surface area contributed by atoms with Gasteiger partial charge in [0.05, 0.1) is 11.2 Å². The van der Waals surface area contributed by atoms with Crippen molar-refractivity contribution in [2.45, 2.75) is 13.3 Å². The molecular weight excluding hydrogens is 282 g/mol. The summed E-state index contributed by atoms with van der Waals surface area (Å²) in [4.78, 5) is 10.4. The van der Waals surface area contributed by atoms with Gasteiger partial charge in [-0.3, -0.25) is 10.4 Å². The first-order valence-corrected chi connectivity index (χ1v) is 7.10. The summed E-state index contributed by atoms with van der Waals surface area (Å²) in [5, 5.41) is 18.5. The van der Waals surface area contributed by atoms with Gasteiger partial charge in [-0.1, -0.05) is 37.3 Å². The summed E-state index contributed by atoms with van der Waals surface area (Å²) < 4.78 is 1.64. The lowest BCUT2D eigenvalue weighted by Crippen LogP contribution is -2.14. The minimum atomic E-state index is 0.0821. The third-order valence-electron chi connectivity index (χ3n) is 3.28. The zero-order chi connectivity index (χ0) is 15.5. The van der Waals surface area contributed by atoms with Gasteiger partial charge in [0.15, 0.2) is 5.82 Å². The molecule has 0 unspecified atom stereocenters. The molecule has 0 spiro atoms. The molecule has 0 bridgehead atoms. The summed E-state index contributed by atoms with van der Waals surface area (Å²) in [6.45, 7) is 2.56. The van der Waals surface area contributed by atoms with Crippen LogP contribution in [0.2, 0.25) is 0 Å². The molecule has 1 aromatic heterocycles. The predicted molar refractivity (Wildman–Crippen MR) is 83.0 cm³/mol. The van der Waals surface area contributed by atoms with E-state index in [1.807, 2.05) is 37.3 Å². The Morgan fingerprint density at radius 3 is 2.59 bits per heavy atom. The fourth-order valence-corrected chi connectivity index (χ4v) is 2.25. The van der Waals surface area contributed by atoms with Crippen LogP contribution in [0.3, 0.4) is 0 Å². The van der Waals surface area contributed by atoms with E-state index in [0.717, 1.165) is 17.5 Å². The van der Waals surface area contributed by atoms with Crippen LogP contribution in [0.15, 0.2) is 48.5 Å². The lowest BCUT2D eigenvalue weighted by molar-refractivity contribution is 0.0292. The highest BCUT2D eigenvalue weighted by Crippen LogP contribution is 2.26. The van der Waals surface area contributed by atoms with E-state index in [0.29, 0.717) is 17.9 Å². The number of rotatable bonds is 5. The molecule has 3 aromatic rings. The van der Waals surface area contributed by atoms with E-state index in [1.165, 1.54) is 0 Å². The molecule has 0 amide bonds. The van der Waals surface area contributed by atoms with E-state index in [9.17, 15) is 10.4 Å². The maximum absolute atomic E-state index is 9.19. The summed E-state index contributed by atoms with van der Waals surface area (Å²) in [5.41, 5.74) is 2.58. The van der Waals surface area contributed by atoms with Crippen LogP contribution in [0.1, 0.15) is 13.3 Å². The highest BCUT2D eigenvalue weighted by Gasteiger charge is 2.15. The minimum Gasteiger partial charge on any atom is -0.412 e. The molecule has 3 rings (SSSR count). The number of aromatic nitrogens is 2. The standard InChI is InChI=1S/C16H17N3O3/c1-2-10-22-18-15-11-13(19(20)21)8-9-14(15)17-16(18)12-6-4-3-5-7-12/h3-9,11,20-21H,2,10H2,1H3. The maximum atomic E-state index is 9.19. The number of nitrogens with zero attached hydrogens (tertiary/aromatic N) is 3. The van der Waals surface area contributed by atoms with Gasteiger partial charge in [0.2, 0.25) is 0 Å². The molecule has 2 N–H and O–H groups in total. The van der Waals surface area contributed by atoms with Crippen LogP contribution in [0.4, 0.5) is 5.69 Å². The molecule has 0 atom stereocenters. The van der Waals surface area contributed by atoms with Gasteiger partial charge in [-0.25, -0.2) is 4.98 Å². The largest absolute Gasteiger partial charge is 0.412 e. The average Bonchev–Trinajstić information content (AvgIpc) is 2.91. The zero-order valence-corrected chi connectivity index (χ0v) is 12.2. The Labute approximate surface area is 127 Å². The van der Waals surface area contributed by atoms with Crippen molar-refractivity contribution >= 4 is 16.7 Å². The van der Waals surface area contributed by atoms with E-state index < -0.39 is 0 Å². The Balaban J connectivity index is 2.18. The van der Waals surface area contributed by atoms with Gasteiger partial charge >= 0.3 is 0 Å². The van der Waals surface area contributed by atoms with Crippen LogP contribution in [-0.2, 0) is 0 Å². The van der Waals surface area contributed by atoms with Crippen molar-refractivity contribution in [1.82, 2.24) is 9.71 Å². The summed E-state index contributed by atoms with van der Waals surface area (Å²) in [7, 11) is 0. The van der Waals surface area contributed by atoms with Gasteiger partial charge in [0.1, 0.15) is 12.1 Å². The molecule has 1 heterocycles. The van der Waals surface area contributed by atoms with Gasteiger partial charge in [-0.05, 0) is 24.6 Å². The van der Waals surface area contributed by atoms with Crippen molar-refractivity contribution in [2.24, 2.45) is 0 Å². The Morgan fingerprint density at radius 2 is 1.91 bits per heavy atom. The lowest BCUT2D eigenvalue weighted by Gasteiger charge is -2.11. The van der Waals surface area contributed by atoms with Gasteiger partial charge in [0.25, 0.3) is 0 Å². The Kier molecular flexibility index (Phi) is 3.95. The molecule has 6 heteroatoms. The van der Waals surface area contributed by atoms with Gasteiger partial charge < -0.3 is 4.84 Å². The summed E-state index contributed by atoms with van der Waals surface area (Å²) in [6, 6.07) is 14.6. The van der Waals surface area contributed by atoms with Crippen molar-refractivity contribution in [3.63, 3.8) is 0 Å². The molecule has 6 nitrogen and oxygen atoms in total.